The van der Waals surface area contributed by atoms with Crippen molar-refractivity contribution in [3.05, 3.63) is 17.0 Å². The van der Waals surface area contributed by atoms with Crippen LogP contribution in [0.2, 0.25) is 0 Å². The molecule has 6 heteroatoms. The summed E-state index contributed by atoms with van der Waals surface area (Å²) in [5, 5.41) is 18.6. The molecule has 2 atom stereocenters. The zero-order valence-corrected chi connectivity index (χ0v) is 9.98. The van der Waals surface area contributed by atoms with Crippen molar-refractivity contribution in [3.63, 3.8) is 0 Å². The van der Waals surface area contributed by atoms with Crippen LogP contribution in [0.25, 0.3) is 0 Å². The Kier molecular flexibility index (Phi) is 3.89. The molecule has 1 rings (SSSR count). The number of amidine groups is 1. The molecule has 0 saturated carbocycles. The van der Waals surface area contributed by atoms with Gasteiger partial charge in [-0.1, -0.05) is 10.3 Å². The highest BCUT2D eigenvalue weighted by molar-refractivity contribution is 5.84. The molecule has 0 radical (unpaired) electrons. The monoisotopic (exact) mass is 226 g/mol. The van der Waals surface area contributed by atoms with E-state index >= 15 is 0 Å². The van der Waals surface area contributed by atoms with Gasteiger partial charge in [-0.25, -0.2) is 0 Å². The summed E-state index contributed by atoms with van der Waals surface area (Å²) in [5.74, 6) is 0.933. The highest BCUT2D eigenvalue weighted by Crippen LogP contribution is 2.21. The Morgan fingerprint density at radius 2 is 2.12 bits per heavy atom. The Morgan fingerprint density at radius 3 is 2.56 bits per heavy atom. The summed E-state index contributed by atoms with van der Waals surface area (Å²) in [6, 6.07) is -0.185. The van der Waals surface area contributed by atoms with Crippen molar-refractivity contribution in [1.29, 1.82) is 0 Å². The summed E-state index contributed by atoms with van der Waals surface area (Å²) < 4.78 is 5.08. The summed E-state index contributed by atoms with van der Waals surface area (Å²) in [5.41, 5.74) is 7.36. The number of aromatic nitrogens is 1. The number of rotatable bonds is 4. The van der Waals surface area contributed by atoms with Gasteiger partial charge in [-0.2, -0.15) is 0 Å². The van der Waals surface area contributed by atoms with Gasteiger partial charge in [0.1, 0.15) is 5.76 Å². The molecule has 0 saturated heterocycles. The number of hydrogen-bond acceptors (Lipinski definition) is 5. The lowest BCUT2D eigenvalue weighted by molar-refractivity contribution is 0.314. The van der Waals surface area contributed by atoms with Gasteiger partial charge in [0.25, 0.3) is 0 Å². The van der Waals surface area contributed by atoms with Gasteiger partial charge < -0.3 is 20.8 Å². The molecule has 0 amide bonds. The minimum atomic E-state index is -0.214. The lowest BCUT2D eigenvalue weighted by atomic mass is 10.1. The third kappa shape index (κ3) is 2.52. The van der Waals surface area contributed by atoms with Gasteiger partial charge in [-0.15, -0.1) is 0 Å². The second kappa shape index (κ2) is 4.98. The molecule has 1 aromatic rings. The van der Waals surface area contributed by atoms with E-state index in [0.29, 0.717) is 0 Å². The summed E-state index contributed by atoms with van der Waals surface area (Å²) in [4.78, 5) is 0. The Balaban J connectivity index is 2.77. The molecule has 1 aromatic heterocycles. The third-order valence-corrected chi connectivity index (χ3v) is 2.58. The molecular formula is C10H18N4O2. The molecule has 90 valence electrons. The number of nitrogens with zero attached hydrogens (tertiary/aromatic N) is 2. The van der Waals surface area contributed by atoms with Crippen LogP contribution in [0.1, 0.15) is 36.9 Å². The fourth-order valence-electron chi connectivity index (χ4n) is 1.74. The Bertz CT molecular complexity index is 367. The highest BCUT2D eigenvalue weighted by atomic mass is 16.5. The first-order valence-corrected chi connectivity index (χ1v) is 5.13. The maximum atomic E-state index is 8.55. The van der Waals surface area contributed by atoms with E-state index in [1.807, 2.05) is 27.7 Å². The van der Waals surface area contributed by atoms with Gasteiger partial charge >= 0.3 is 0 Å². The van der Waals surface area contributed by atoms with E-state index < -0.39 is 0 Å². The van der Waals surface area contributed by atoms with Crippen molar-refractivity contribution >= 4 is 5.84 Å². The standard InChI is InChI=1S/C10H18N4O2/c1-5(12-7(3)10(11)13-15)9-6(2)14-16-8(9)4/h5,7,12,15H,1-4H3,(H2,11,13). The molecule has 1 heterocycles. The van der Waals surface area contributed by atoms with Gasteiger partial charge in [-0.05, 0) is 27.7 Å². The van der Waals surface area contributed by atoms with Gasteiger partial charge in [0.15, 0.2) is 5.84 Å². The SMILES string of the molecule is Cc1noc(C)c1C(C)NC(C)C(N)=NO. The van der Waals surface area contributed by atoms with E-state index in [-0.39, 0.29) is 17.9 Å². The minimum Gasteiger partial charge on any atom is -0.409 e. The van der Waals surface area contributed by atoms with Crippen molar-refractivity contribution in [2.24, 2.45) is 10.9 Å². The van der Waals surface area contributed by atoms with Gasteiger partial charge in [-0.3, -0.25) is 0 Å². The smallest absolute Gasteiger partial charge is 0.156 e. The average Bonchev–Trinajstić information content (AvgIpc) is 2.57. The fraction of sp³-hybridized carbons (Fsp3) is 0.600. The molecule has 0 aliphatic carbocycles. The summed E-state index contributed by atoms with van der Waals surface area (Å²) in [7, 11) is 0. The predicted octanol–water partition coefficient (Wildman–Crippen LogP) is 1.08. The quantitative estimate of drug-likeness (QED) is 0.309. The molecule has 0 aliphatic heterocycles. The van der Waals surface area contributed by atoms with E-state index in [1.54, 1.807) is 0 Å². The van der Waals surface area contributed by atoms with Crippen LogP contribution >= 0.6 is 0 Å². The first kappa shape index (κ1) is 12.5. The van der Waals surface area contributed by atoms with Crippen molar-refractivity contribution in [2.75, 3.05) is 0 Å². The molecule has 16 heavy (non-hydrogen) atoms. The predicted molar refractivity (Wildman–Crippen MR) is 60.4 cm³/mol. The van der Waals surface area contributed by atoms with Gasteiger partial charge in [0.05, 0.1) is 11.7 Å². The highest BCUT2D eigenvalue weighted by Gasteiger charge is 2.19. The Hall–Kier alpha value is -1.56. The van der Waals surface area contributed by atoms with Gasteiger partial charge in [0, 0.05) is 11.6 Å². The molecule has 2 unspecified atom stereocenters. The first-order chi connectivity index (χ1) is 7.47. The summed E-state index contributed by atoms with van der Waals surface area (Å²) >= 11 is 0. The Labute approximate surface area is 94.5 Å². The minimum absolute atomic E-state index is 0.0292. The van der Waals surface area contributed by atoms with E-state index in [9.17, 15) is 0 Å². The van der Waals surface area contributed by atoms with Crippen LogP contribution in [0.3, 0.4) is 0 Å². The van der Waals surface area contributed by atoms with Crippen molar-refractivity contribution in [3.8, 4) is 0 Å². The zero-order chi connectivity index (χ0) is 12.3. The summed E-state index contributed by atoms with van der Waals surface area (Å²) in [6.45, 7) is 7.55. The maximum absolute atomic E-state index is 8.55. The van der Waals surface area contributed by atoms with Crippen LogP contribution in [0.5, 0.6) is 0 Å². The van der Waals surface area contributed by atoms with E-state index in [1.165, 1.54) is 0 Å². The maximum Gasteiger partial charge on any atom is 0.156 e. The number of hydrogen-bond donors (Lipinski definition) is 3. The lowest BCUT2D eigenvalue weighted by Gasteiger charge is -2.18. The van der Waals surface area contributed by atoms with Crippen molar-refractivity contribution in [2.45, 2.75) is 39.8 Å². The van der Waals surface area contributed by atoms with Gasteiger partial charge in [0.2, 0.25) is 0 Å². The first-order valence-electron chi connectivity index (χ1n) is 5.13. The fourth-order valence-corrected chi connectivity index (χ4v) is 1.74. The van der Waals surface area contributed by atoms with Crippen molar-refractivity contribution in [1.82, 2.24) is 10.5 Å². The lowest BCUT2D eigenvalue weighted by Crippen LogP contribution is -2.40. The van der Waals surface area contributed by atoms with Crippen LogP contribution in [0.4, 0.5) is 0 Å². The van der Waals surface area contributed by atoms with Crippen LogP contribution < -0.4 is 11.1 Å². The second-order valence-corrected chi connectivity index (χ2v) is 3.87. The molecule has 0 fully saturated rings. The number of aryl methyl sites for hydroxylation is 2. The molecule has 0 bridgehead atoms. The van der Waals surface area contributed by atoms with Crippen LogP contribution in [0.15, 0.2) is 9.68 Å². The number of oxime groups is 1. The molecule has 0 spiro atoms. The normalized spacial score (nSPS) is 16.1. The topological polar surface area (TPSA) is 96.7 Å². The van der Waals surface area contributed by atoms with E-state index in [4.69, 9.17) is 15.5 Å². The largest absolute Gasteiger partial charge is 0.409 e. The molecule has 4 N–H and O–H groups in total. The van der Waals surface area contributed by atoms with Crippen LogP contribution in [-0.4, -0.2) is 22.2 Å². The molecule has 6 nitrogen and oxygen atoms in total. The zero-order valence-electron chi connectivity index (χ0n) is 9.98. The van der Waals surface area contributed by atoms with E-state index in [2.05, 4.69) is 15.6 Å². The Morgan fingerprint density at radius 1 is 1.50 bits per heavy atom. The number of nitrogens with one attached hydrogen (secondary N) is 1. The number of nitrogens with two attached hydrogens (primary N) is 1. The van der Waals surface area contributed by atoms with Crippen LogP contribution in [-0.2, 0) is 0 Å². The molecular weight excluding hydrogens is 208 g/mol. The molecule has 0 aliphatic rings. The van der Waals surface area contributed by atoms with Crippen LogP contribution in [0, 0.1) is 13.8 Å². The van der Waals surface area contributed by atoms with E-state index in [0.717, 1.165) is 17.0 Å². The average molecular weight is 226 g/mol. The second-order valence-electron chi connectivity index (χ2n) is 3.87. The molecule has 0 aromatic carbocycles. The third-order valence-electron chi connectivity index (χ3n) is 2.58. The summed E-state index contributed by atoms with van der Waals surface area (Å²) in [6.07, 6.45) is 0. The van der Waals surface area contributed by atoms with Crippen molar-refractivity contribution < 1.29 is 9.73 Å².